The highest BCUT2D eigenvalue weighted by atomic mass is 16.2. The third-order valence-corrected chi connectivity index (χ3v) is 2.56. The predicted molar refractivity (Wildman–Crippen MR) is 43.0 cm³/mol. The summed E-state index contributed by atoms with van der Waals surface area (Å²) in [6, 6.07) is 0.364. The largest absolute Gasteiger partial charge is 0.349 e. The maximum atomic E-state index is 11.0. The molecule has 11 heavy (non-hydrogen) atoms. The molecule has 2 aliphatic rings. The molecule has 2 nitrogen and oxygen atoms in total. The fourth-order valence-corrected chi connectivity index (χ4v) is 1.80. The number of allylic oxidation sites excluding steroid dienone is 1. The average molecular weight is 151 g/mol. The van der Waals surface area contributed by atoms with E-state index in [0.717, 1.165) is 6.42 Å². The molecule has 1 saturated heterocycles. The lowest BCUT2D eigenvalue weighted by Crippen LogP contribution is -2.57. The smallest absolute Gasteiger partial charge is 0.226 e. The third-order valence-electron chi connectivity index (χ3n) is 2.56. The Morgan fingerprint density at radius 1 is 1.45 bits per heavy atom. The van der Waals surface area contributed by atoms with Gasteiger partial charge >= 0.3 is 0 Å². The Balaban J connectivity index is 2.04. The highest BCUT2D eigenvalue weighted by Crippen LogP contribution is 2.24. The van der Waals surface area contributed by atoms with Crippen LogP contribution in [0.2, 0.25) is 0 Å². The summed E-state index contributed by atoms with van der Waals surface area (Å²) in [5, 5.41) is 2.89. The number of nitrogens with one attached hydrogen (secondary N) is 1. The van der Waals surface area contributed by atoms with Crippen LogP contribution in [-0.4, -0.2) is 11.9 Å². The van der Waals surface area contributed by atoms with Crippen molar-refractivity contribution in [2.75, 3.05) is 0 Å². The molecular formula is C9H13NO. The van der Waals surface area contributed by atoms with Crippen LogP contribution < -0.4 is 5.32 Å². The number of hydrogen-bond acceptors (Lipinski definition) is 1. The second kappa shape index (κ2) is 2.68. The van der Waals surface area contributed by atoms with Crippen LogP contribution >= 0.6 is 0 Å². The van der Waals surface area contributed by atoms with E-state index < -0.39 is 0 Å². The molecule has 0 bridgehead atoms. The Morgan fingerprint density at radius 2 is 2.36 bits per heavy atom. The summed E-state index contributed by atoms with van der Waals surface area (Å²) in [6.07, 6.45) is 9.05. The van der Waals surface area contributed by atoms with Crippen molar-refractivity contribution in [2.45, 2.75) is 31.7 Å². The summed E-state index contributed by atoms with van der Waals surface area (Å²) in [5.74, 6) is 0.549. The van der Waals surface area contributed by atoms with Crippen molar-refractivity contribution in [3.8, 4) is 0 Å². The first kappa shape index (κ1) is 6.89. The van der Waals surface area contributed by atoms with Crippen LogP contribution in [-0.2, 0) is 4.79 Å². The molecule has 0 aromatic carbocycles. The lowest BCUT2D eigenvalue weighted by Gasteiger charge is -2.35. The second-order valence-electron chi connectivity index (χ2n) is 3.35. The minimum absolute atomic E-state index is 0.251. The van der Waals surface area contributed by atoms with Gasteiger partial charge in [-0.2, -0.15) is 0 Å². The van der Waals surface area contributed by atoms with Crippen LogP contribution in [0.5, 0.6) is 0 Å². The molecule has 1 heterocycles. The van der Waals surface area contributed by atoms with E-state index in [2.05, 4.69) is 17.5 Å². The summed E-state index contributed by atoms with van der Waals surface area (Å²) in [4.78, 5) is 11.0. The van der Waals surface area contributed by atoms with Gasteiger partial charge in [0, 0.05) is 0 Å². The first-order chi connectivity index (χ1) is 5.38. The lowest BCUT2D eigenvalue weighted by molar-refractivity contribution is -0.133. The molecule has 1 fully saturated rings. The monoisotopic (exact) mass is 151 g/mol. The zero-order valence-electron chi connectivity index (χ0n) is 6.55. The maximum absolute atomic E-state index is 11.0. The molecule has 1 unspecified atom stereocenters. The molecule has 2 rings (SSSR count). The van der Waals surface area contributed by atoms with Crippen molar-refractivity contribution in [2.24, 2.45) is 5.92 Å². The van der Waals surface area contributed by atoms with Crippen molar-refractivity contribution < 1.29 is 4.79 Å². The predicted octanol–water partition coefficient (Wildman–Crippen LogP) is 1.23. The first-order valence-electron chi connectivity index (χ1n) is 4.35. The zero-order chi connectivity index (χ0) is 7.68. The van der Waals surface area contributed by atoms with Gasteiger partial charge in [-0.15, -0.1) is 0 Å². The van der Waals surface area contributed by atoms with E-state index in [9.17, 15) is 4.79 Å². The molecule has 0 radical (unpaired) electrons. The SMILES string of the molecule is O=C1N[C@H]2/C=C\CCCCC12. The van der Waals surface area contributed by atoms with Gasteiger partial charge in [-0.25, -0.2) is 0 Å². The number of amides is 1. The minimum Gasteiger partial charge on any atom is -0.349 e. The topological polar surface area (TPSA) is 29.1 Å². The van der Waals surface area contributed by atoms with Gasteiger partial charge in [0.15, 0.2) is 0 Å². The normalized spacial score (nSPS) is 39.1. The quantitative estimate of drug-likeness (QED) is 0.409. The van der Waals surface area contributed by atoms with Crippen LogP contribution in [0.1, 0.15) is 25.7 Å². The molecule has 1 N–H and O–H groups in total. The van der Waals surface area contributed by atoms with Crippen LogP contribution in [0.4, 0.5) is 0 Å². The Bertz CT molecular complexity index is 198. The fourth-order valence-electron chi connectivity index (χ4n) is 1.80. The van der Waals surface area contributed by atoms with Crippen LogP contribution in [0.3, 0.4) is 0 Å². The van der Waals surface area contributed by atoms with Gasteiger partial charge in [0.2, 0.25) is 5.91 Å². The van der Waals surface area contributed by atoms with Crippen LogP contribution in [0.15, 0.2) is 12.2 Å². The van der Waals surface area contributed by atoms with E-state index in [1.807, 2.05) is 0 Å². The summed E-state index contributed by atoms with van der Waals surface area (Å²) in [5.41, 5.74) is 0. The molecule has 0 saturated carbocycles. The molecular weight excluding hydrogens is 138 g/mol. The molecule has 0 spiro atoms. The summed E-state index contributed by atoms with van der Waals surface area (Å²) in [6.45, 7) is 0. The maximum Gasteiger partial charge on any atom is 0.226 e. The van der Waals surface area contributed by atoms with Crippen molar-refractivity contribution in [1.82, 2.24) is 5.32 Å². The van der Waals surface area contributed by atoms with E-state index in [4.69, 9.17) is 0 Å². The fraction of sp³-hybridized carbons (Fsp3) is 0.667. The number of carbonyl (C=O) groups excluding carboxylic acids is 1. The summed E-state index contributed by atoms with van der Waals surface area (Å²) in [7, 11) is 0. The Morgan fingerprint density at radius 3 is 3.18 bits per heavy atom. The van der Waals surface area contributed by atoms with Gasteiger partial charge in [0.05, 0.1) is 12.0 Å². The molecule has 1 aliphatic carbocycles. The van der Waals surface area contributed by atoms with E-state index in [-0.39, 0.29) is 5.91 Å². The van der Waals surface area contributed by atoms with E-state index >= 15 is 0 Å². The number of β-lactam (4-membered cyclic amide) rings is 1. The standard InChI is InChI=1S/C9H13NO/c11-9-7-5-3-1-2-4-6-8(7)10-9/h4,6-8H,1-3,5H2,(H,10,11)/b6-4-/t7?,8-/m0/s1. The summed E-state index contributed by atoms with van der Waals surface area (Å²) >= 11 is 0. The third kappa shape index (κ3) is 1.17. The lowest BCUT2D eigenvalue weighted by atomic mass is 9.84. The molecule has 0 aromatic heterocycles. The van der Waals surface area contributed by atoms with Crippen molar-refractivity contribution >= 4 is 5.91 Å². The number of fused-ring (bicyclic) bond motifs is 1. The number of hydrogen-bond donors (Lipinski definition) is 1. The molecule has 2 heteroatoms. The molecule has 2 atom stereocenters. The van der Waals surface area contributed by atoms with Gasteiger partial charge in [-0.3, -0.25) is 4.79 Å². The van der Waals surface area contributed by atoms with Crippen LogP contribution in [0.25, 0.3) is 0 Å². The van der Waals surface area contributed by atoms with Crippen molar-refractivity contribution in [1.29, 1.82) is 0 Å². The Hall–Kier alpha value is -0.790. The van der Waals surface area contributed by atoms with Crippen molar-refractivity contribution in [3.05, 3.63) is 12.2 Å². The molecule has 0 aromatic rings. The molecule has 1 aliphatic heterocycles. The van der Waals surface area contributed by atoms with Crippen LogP contribution in [0, 0.1) is 5.92 Å². The van der Waals surface area contributed by atoms with E-state index in [1.165, 1.54) is 19.3 Å². The van der Waals surface area contributed by atoms with Gasteiger partial charge in [0.25, 0.3) is 0 Å². The molecule has 60 valence electrons. The first-order valence-corrected chi connectivity index (χ1v) is 4.35. The highest BCUT2D eigenvalue weighted by molar-refractivity contribution is 5.86. The minimum atomic E-state index is 0.251. The number of carbonyl (C=O) groups is 1. The van der Waals surface area contributed by atoms with E-state index in [1.54, 1.807) is 0 Å². The van der Waals surface area contributed by atoms with Gasteiger partial charge in [-0.05, 0) is 19.3 Å². The van der Waals surface area contributed by atoms with E-state index in [0.29, 0.717) is 12.0 Å². The zero-order valence-corrected chi connectivity index (χ0v) is 6.55. The summed E-state index contributed by atoms with van der Waals surface area (Å²) < 4.78 is 0. The second-order valence-corrected chi connectivity index (χ2v) is 3.35. The van der Waals surface area contributed by atoms with Gasteiger partial charge in [0.1, 0.15) is 0 Å². The van der Waals surface area contributed by atoms with Gasteiger partial charge < -0.3 is 5.32 Å². The van der Waals surface area contributed by atoms with Crippen molar-refractivity contribution in [3.63, 3.8) is 0 Å². The Labute approximate surface area is 66.7 Å². The number of rotatable bonds is 0. The highest BCUT2D eigenvalue weighted by Gasteiger charge is 2.36. The Kier molecular flexibility index (Phi) is 1.68. The van der Waals surface area contributed by atoms with Gasteiger partial charge in [-0.1, -0.05) is 18.6 Å². The molecule has 1 amide bonds. The average Bonchev–Trinajstić information content (AvgIpc) is 1.96.